The number of benzene rings is 2. The number of carbonyl (C=O) groups excluding carboxylic acids is 1. The van der Waals surface area contributed by atoms with E-state index in [-0.39, 0.29) is 5.91 Å². The molecule has 0 aromatic heterocycles. The number of nitrogen functional groups attached to an aromatic ring is 1. The van der Waals surface area contributed by atoms with Crippen molar-refractivity contribution >= 4 is 5.91 Å². The molecule has 1 amide bonds. The molecule has 2 aromatic rings. The average molecular weight is 385 g/mol. The molecule has 2 aromatic carbocycles. The minimum atomic E-state index is -0.321. The molecular weight excluding hydrogens is 352 g/mol. The van der Waals surface area contributed by atoms with Gasteiger partial charge in [0.05, 0.1) is 6.61 Å². The molecule has 3 N–H and O–H groups in total. The fraction of sp³-hybridized carbons (Fsp3) is 0.435. The number of ether oxygens (including phenoxy) is 2. The number of carbonyl (C=O) groups is 1. The monoisotopic (exact) mass is 384 g/mol. The maximum absolute atomic E-state index is 11.4. The molecule has 0 spiro atoms. The summed E-state index contributed by atoms with van der Waals surface area (Å²) in [6.45, 7) is 3.47. The molecule has 152 valence electrons. The number of hydrogen-bond donors (Lipinski definition) is 2. The van der Waals surface area contributed by atoms with Crippen LogP contribution in [0, 0.1) is 0 Å². The van der Waals surface area contributed by atoms with Gasteiger partial charge in [0.1, 0.15) is 18.1 Å². The van der Waals surface area contributed by atoms with Gasteiger partial charge in [-0.1, -0.05) is 57.6 Å². The molecular formula is C23H32N2O3. The van der Waals surface area contributed by atoms with Crippen molar-refractivity contribution in [2.75, 3.05) is 6.61 Å². The number of hydrogen-bond acceptors (Lipinski definition) is 4. The minimum Gasteiger partial charge on any atom is -0.494 e. The third kappa shape index (κ3) is 8.01. The van der Waals surface area contributed by atoms with Crippen molar-refractivity contribution in [3.63, 3.8) is 0 Å². The Morgan fingerprint density at radius 2 is 1.39 bits per heavy atom. The first-order valence-corrected chi connectivity index (χ1v) is 10.2. The average Bonchev–Trinajstić information content (AvgIpc) is 2.75. The van der Waals surface area contributed by atoms with Crippen molar-refractivity contribution in [3.8, 4) is 11.5 Å². The number of nitrogens with one attached hydrogen (secondary N) is 1. The zero-order valence-corrected chi connectivity index (χ0v) is 16.8. The normalized spacial score (nSPS) is 10.5. The van der Waals surface area contributed by atoms with E-state index in [0.29, 0.717) is 17.9 Å². The second kappa shape index (κ2) is 12.8. The third-order valence-corrected chi connectivity index (χ3v) is 4.59. The predicted octanol–water partition coefficient (Wildman–Crippen LogP) is 5.00. The molecule has 2 rings (SSSR count). The summed E-state index contributed by atoms with van der Waals surface area (Å²) < 4.78 is 11.6. The van der Waals surface area contributed by atoms with Crippen molar-refractivity contribution in [2.24, 2.45) is 5.84 Å². The zero-order chi connectivity index (χ0) is 20.0. The summed E-state index contributed by atoms with van der Waals surface area (Å²) >= 11 is 0. The lowest BCUT2D eigenvalue weighted by atomic mass is 10.1. The molecule has 0 aliphatic carbocycles. The Labute approximate surface area is 168 Å². The Balaban J connectivity index is 1.65. The fourth-order valence-electron chi connectivity index (χ4n) is 2.88. The number of amides is 1. The summed E-state index contributed by atoms with van der Waals surface area (Å²) in [5, 5.41) is 0. The van der Waals surface area contributed by atoms with Crippen molar-refractivity contribution in [1.82, 2.24) is 5.43 Å². The quantitative estimate of drug-likeness (QED) is 0.221. The molecule has 0 saturated carbocycles. The van der Waals surface area contributed by atoms with Crippen molar-refractivity contribution in [2.45, 2.75) is 58.5 Å². The second-order valence-corrected chi connectivity index (χ2v) is 6.90. The molecule has 0 saturated heterocycles. The molecule has 0 aliphatic heterocycles. The maximum Gasteiger partial charge on any atom is 0.265 e. The first-order chi connectivity index (χ1) is 13.7. The molecule has 0 heterocycles. The first kappa shape index (κ1) is 21.8. The first-order valence-electron chi connectivity index (χ1n) is 10.2. The van der Waals surface area contributed by atoms with Crippen LogP contribution in [0.2, 0.25) is 0 Å². The fourth-order valence-corrected chi connectivity index (χ4v) is 2.88. The maximum atomic E-state index is 11.4. The molecule has 0 bridgehead atoms. The SMILES string of the molecule is CCCCCCCCCOc1ccc(COc2ccc(C(=O)NN)cc2)cc1. The van der Waals surface area contributed by atoms with Gasteiger partial charge in [-0.25, -0.2) is 5.84 Å². The second-order valence-electron chi connectivity index (χ2n) is 6.90. The van der Waals surface area contributed by atoms with E-state index in [4.69, 9.17) is 15.3 Å². The van der Waals surface area contributed by atoms with E-state index in [9.17, 15) is 4.79 Å². The summed E-state index contributed by atoms with van der Waals surface area (Å²) in [6.07, 6.45) is 8.99. The van der Waals surface area contributed by atoms with Gasteiger partial charge >= 0.3 is 0 Å². The highest BCUT2D eigenvalue weighted by atomic mass is 16.5. The van der Waals surface area contributed by atoms with Crippen LogP contribution in [0.3, 0.4) is 0 Å². The van der Waals surface area contributed by atoms with Gasteiger partial charge in [-0.05, 0) is 48.4 Å². The van der Waals surface area contributed by atoms with Gasteiger partial charge in [-0.2, -0.15) is 0 Å². The minimum absolute atomic E-state index is 0.321. The Morgan fingerprint density at radius 1 is 0.821 bits per heavy atom. The van der Waals surface area contributed by atoms with Gasteiger partial charge in [0.2, 0.25) is 0 Å². The van der Waals surface area contributed by atoms with Crippen molar-refractivity contribution < 1.29 is 14.3 Å². The smallest absolute Gasteiger partial charge is 0.265 e. The Hall–Kier alpha value is -2.53. The summed E-state index contributed by atoms with van der Waals surface area (Å²) in [4.78, 5) is 11.4. The number of nitrogens with two attached hydrogens (primary N) is 1. The van der Waals surface area contributed by atoms with Crippen molar-refractivity contribution in [1.29, 1.82) is 0 Å². The molecule has 0 aliphatic rings. The highest BCUT2D eigenvalue weighted by molar-refractivity contribution is 5.93. The van der Waals surface area contributed by atoms with Gasteiger partial charge < -0.3 is 9.47 Å². The van der Waals surface area contributed by atoms with E-state index in [1.807, 2.05) is 24.3 Å². The topological polar surface area (TPSA) is 73.6 Å². The lowest BCUT2D eigenvalue weighted by Crippen LogP contribution is -2.29. The summed E-state index contributed by atoms with van der Waals surface area (Å²) in [6, 6.07) is 14.8. The number of unbranched alkanes of at least 4 members (excludes halogenated alkanes) is 6. The van der Waals surface area contributed by atoms with E-state index in [1.165, 1.54) is 38.5 Å². The zero-order valence-electron chi connectivity index (χ0n) is 16.8. The standard InChI is InChI=1S/C23H32N2O3/c1-2-3-4-5-6-7-8-17-27-21-13-9-19(10-14-21)18-28-22-15-11-20(12-16-22)23(26)25-24/h9-16H,2-8,17-18,24H2,1H3,(H,25,26). The van der Waals surface area contributed by atoms with Crippen LogP contribution in [-0.2, 0) is 6.61 Å². The lowest BCUT2D eigenvalue weighted by molar-refractivity contribution is 0.0953. The van der Waals surface area contributed by atoms with E-state index in [1.54, 1.807) is 24.3 Å². The molecule has 0 atom stereocenters. The van der Waals surface area contributed by atoms with Gasteiger partial charge in [-0.15, -0.1) is 0 Å². The van der Waals surface area contributed by atoms with Gasteiger partial charge in [0.15, 0.2) is 0 Å². The van der Waals surface area contributed by atoms with E-state index >= 15 is 0 Å². The van der Waals surface area contributed by atoms with Crippen LogP contribution in [0.4, 0.5) is 0 Å². The van der Waals surface area contributed by atoms with Crippen LogP contribution in [-0.4, -0.2) is 12.5 Å². The largest absolute Gasteiger partial charge is 0.494 e. The van der Waals surface area contributed by atoms with Crippen molar-refractivity contribution in [3.05, 3.63) is 59.7 Å². The molecule has 0 radical (unpaired) electrons. The molecule has 5 nitrogen and oxygen atoms in total. The van der Waals surface area contributed by atoms with Crippen LogP contribution < -0.4 is 20.7 Å². The highest BCUT2D eigenvalue weighted by Crippen LogP contribution is 2.17. The van der Waals surface area contributed by atoms with Crippen LogP contribution in [0.1, 0.15) is 67.8 Å². The summed E-state index contributed by atoms with van der Waals surface area (Å²) in [5.74, 6) is 6.39. The van der Waals surface area contributed by atoms with Crippen LogP contribution in [0.25, 0.3) is 0 Å². The van der Waals surface area contributed by atoms with Gasteiger partial charge in [0, 0.05) is 5.56 Å². The van der Waals surface area contributed by atoms with Crippen LogP contribution in [0.15, 0.2) is 48.5 Å². The molecule has 0 unspecified atom stereocenters. The van der Waals surface area contributed by atoms with E-state index in [0.717, 1.165) is 24.3 Å². The number of rotatable bonds is 13. The summed E-state index contributed by atoms with van der Waals surface area (Å²) in [5.41, 5.74) is 3.66. The van der Waals surface area contributed by atoms with Gasteiger partial charge in [-0.3, -0.25) is 10.2 Å². The lowest BCUT2D eigenvalue weighted by Gasteiger charge is -2.09. The van der Waals surface area contributed by atoms with Crippen LogP contribution in [0.5, 0.6) is 11.5 Å². The number of hydrazine groups is 1. The highest BCUT2D eigenvalue weighted by Gasteiger charge is 2.03. The Morgan fingerprint density at radius 3 is 2.04 bits per heavy atom. The Bertz CT molecular complexity index is 684. The molecule has 28 heavy (non-hydrogen) atoms. The van der Waals surface area contributed by atoms with Gasteiger partial charge in [0.25, 0.3) is 5.91 Å². The molecule has 0 fully saturated rings. The van der Waals surface area contributed by atoms with E-state index < -0.39 is 0 Å². The predicted molar refractivity (Wildman–Crippen MR) is 112 cm³/mol. The summed E-state index contributed by atoms with van der Waals surface area (Å²) in [7, 11) is 0. The van der Waals surface area contributed by atoms with Crippen LogP contribution >= 0.6 is 0 Å². The van der Waals surface area contributed by atoms with E-state index in [2.05, 4.69) is 12.3 Å². The Kier molecular flexibility index (Phi) is 9.94. The third-order valence-electron chi connectivity index (χ3n) is 4.59. The molecule has 5 heteroatoms.